The smallest absolute Gasteiger partial charge is 0.244 e. The van der Waals surface area contributed by atoms with Crippen molar-refractivity contribution in [3.63, 3.8) is 0 Å². The highest BCUT2D eigenvalue weighted by Crippen LogP contribution is 2.19. The molecular weight excluding hydrogens is 433 g/mol. The van der Waals surface area contributed by atoms with Gasteiger partial charge in [-0.2, -0.15) is 0 Å². The van der Waals surface area contributed by atoms with Crippen LogP contribution in [0.4, 0.5) is 10.1 Å². The standard InChI is InChI=1S/C23H30FN3O4S/c1-16(2)25-23(29)18(4)26(14-19-8-6-7-17(3)13-19)22(28)15-27(32(5,30)31)21-11-9-20(24)10-12-21/h6-13,16,18H,14-15H2,1-5H3,(H,25,29)/t18-/m0/s1. The summed E-state index contributed by atoms with van der Waals surface area (Å²) in [6.45, 7) is 6.77. The van der Waals surface area contributed by atoms with Gasteiger partial charge in [0.05, 0.1) is 11.9 Å². The fourth-order valence-electron chi connectivity index (χ4n) is 3.22. The molecule has 0 bridgehead atoms. The summed E-state index contributed by atoms with van der Waals surface area (Å²) >= 11 is 0. The van der Waals surface area contributed by atoms with Gasteiger partial charge in [0.2, 0.25) is 21.8 Å². The van der Waals surface area contributed by atoms with Crippen LogP contribution < -0.4 is 9.62 Å². The first-order valence-corrected chi connectivity index (χ1v) is 12.1. The van der Waals surface area contributed by atoms with Gasteiger partial charge in [-0.25, -0.2) is 12.8 Å². The van der Waals surface area contributed by atoms with Gasteiger partial charge in [0.1, 0.15) is 18.4 Å². The predicted molar refractivity (Wildman–Crippen MR) is 123 cm³/mol. The minimum Gasteiger partial charge on any atom is -0.352 e. The second kappa shape index (κ2) is 10.6. The molecule has 174 valence electrons. The number of benzene rings is 2. The number of hydrogen-bond acceptors (Lipinski definition) is 4. The Morgan fingerprint density at radius 1 is 1.06 bits per heavy atom. The Labute approximate surface area is 189 Å². The molecule has 0 aliphatic heterocycles. The molecule has 2 amide bonds. The Hall–Kier alpha value is -2.94. The first kappa shape index (κ1) is 25.3. The molecule has 9 heteroatoms. The number of sulfonamides is 1. The number of nitrogens with one attached hydrogen (secondary N) is 1. The molecule has 0 aliphatic carbocycles. The topological polar surface area (TPSA) is 86.8 Å². The first-order chi connectivity index (χ1) is 14.9. The van der Waals surface area contributed by atoms with Crippen molar-refractivity contribution in [1.82, 2.24) is 10.2 Å². The molecule has 0 radical (unpaired) electrons. The monoisotopic (exact) mass is 463 g/mol. The molecule has 2 rings (SSSR count). The average Bonchev–Trinajstić information content (AvgIpc) is 2.69. The highest BCUT2D eigenvalue weighted by molar-refractivity contribution is 7.92. The zero-order chi connectivity index (χ0) is 24.1. The lowest BCUT2D eigenvalue weighted by atomic mass is 10.1. The Bertz CT molecular complexity index is 1060. The summed E-state index contributed by atoms with van der Waals surface area (Å²) in [6.07, 6.45) is 0.976. The fourth-order valence-corrected chi connectivity index (χ4v) is 4.07. The molecule has 0 spiro atoms. The van der Waals surface area contributed by atoms with Crippen LogP contribution in [-0.2, 0) is 26.2 Å². The van der Waals surface area contributed by atoms with E-state index in [0.717, 1.165) is 33.8 Å². The number of anilines is 1. The molecule has 1 N–H and O–H groups in total. The average molecular weight is 464 g/mol. The molecule has 0 aromatic heterocycles. The normalized spacial score (nSPS) is 12.3. The van der Waals surface area contributed by atoms with Crippen molar-refractivity contribution in [2.24, 2.45) is 0 Å². The number of halogens is 1. The minimum absolute atomic E-state index is 0.118. The summed E-state index contributed by atoms with van der Waals surface area (Å²) in [7, 11) is -3.84. The van der Waals surface area contributed by atoms with Crippen LogP contribution in [0.5, 0.6) is 0 Å². The fraction of sp³-hybridized carbons (Fsp3) is 0.391. The van der Waals surface area contributed by atoms with Crippen LogP contribution in [0, 0.1) is 12.7 Å². The quantitative estimate of drug-likeness (QED) is 0.620. The van der Waals surface area contributed by atoms with Crippen LogP contribution in [0.25, 0.3) is 0 Å². The second-order valence-electron chi connectivity index (χ2n) is 8.10. The van der Waals surface area contributed by atoms with E-state index in [4.69, 9.17) is 0 Å². The van der Waals surface area contributed by atoms with Gasteiger partial charge >= 0.3 is 0 Å². The van der Waals surface area contributed by atoms with Crippen molar-refractivity contribution in [2.75, 3.05) is 17.1 Å². The molecule has 2 aromatic rings. The van der Waals surface area contributed by atoms with Crippen molar-refractivity contribution >= 4 is 27.5 Å². The van der Waals surface area contributed by atoms with Crippen LogP contribution in [0.2, 0.25) is 0 Å². The molecule has 1 atom stereocenters. The van der Waals surface area contributed by atoms with E-state index in [-0.39, 0.29) is 24.2 Å². The summed E-state index contributed by atoms with van der Waals surface area (Å²) in [5.41, 5.74) is 1.98. The van der Waals surface area contributed by atoms with Crippen LogP contribution in [0.15, 0.2) is 48.5 Å². The number of aryl methyl sites for hydroxylation is 1. The van der Waals surface area contributed by atoms with E-state index in [1.54, 1.807) is 6.92 Å². The van der Waals surface area contributed by atoms with Crippen LogP contribution in [0.1, 0.15) is 31.9 Å². The third-order valence-electron chi connectivity index (χ3n) is 4.83. The van der Waals surface area contributed by atoms with Crippen molar-refractivity contribution in [3.05, 3.63) is 65.5 Å². The molecule has 2 aromatic carbocycles. The Morgan fingerprint density at radius 2 is 1.69 bits per heavy atom. The zero-order valence-electron chi connectivity index (χ0n) is 19.0. The van der Waals surface area contributed by atoms with Crippen LogP contribution >= 0.6 is 0 Å². The van der Waals surface area contributed by atoms with Crippen molar-refractivity contribution in [3.8, 4) is 0 Å². The maximum atomic E-state index is 13.3. The number of rotatable bonds is 9. The van der Waals surface area contributed by atoms with Gasteiger partial charge in [-0.05, 0) is 57.5 Å². The van der Waals surface area contributed by atoms with E-state index in [1.165, 1.54) is 17.0 Å². The number of amides is 2. The van der Waals surface area contributed by atoms with E-state index in [9.17, 15) is 22.4 Å². The Kier molecular flexibility index (Phi) is 8.38. The van der Waals surface area contributed by atoms with Gasteiger partial charge < -0.3 is 10.2 Å². The summed E-state index contributed by atoms with van der Waals surface area (Å²) in [4.78, 5) is 27.4. The van der Waals surface area contributed by atoms with Gasteiger partial charge in [-0.1, -0.05) is 29.8 Å². The largest absolute Gasteiger partial charge is 0.352 e. The third-order valence-corrected chi connectivity index (χ3v) is 5.97. The highest BCUT2D eigenvalue weighted by atomic mass is 32.2. The summed E-state index contributed by atoms with van der Waals surface area (Å²) < 4.78 is 39.0. The molecule has 0 aliphatic rings. The highest BCUT2D eigenvalue weighted by Gasteiger charge is 2.30. The van der Waals surface area contributed by atoms with Gasteiger partial charge in [-0.3, -0.25) is 13.9 Å². The first-order valence-electron chi connectivity index (χ1n) is 10.3. The molecule has 0 fully saturated rings. The molecular formula is C23H30FN3O4S. The van der Waals surface area contributed by atoms with Crippen molar-refractivity contribution in [1.29, 1.82) is 0 Å². The lowest BCUT2D eigenvalue weighted by Crippen LogP contribution is -2.52. The molecule has 32 heavy (non-hydrogen) atoms. The Balaban J connectivity index is 2.38. The van der Waals surface area contributed by atoms with E-state index in [1.807, 2.05) is 45.0 Å². The van der Waals surface area contributed by atoms with E-state index in [0.29, 0.717) is 0 Å². The Morgan fingerprint density at radius 3 is 2.22 bits per heavy atom. The van der Waals surface area contributed by atoms with Crippen LogP contribution in [0.3, 0.4) is 0 Å². The van der Waals surface area contributed by atoms with E-state index >= 15 is 0 Å². The van der Waals surface area contributed by atoms with Crippen molar-refractivity contribution in [2.45, 2.75) is 46.3 Å². The van der Waals surface area contributed by atoms with Gasteiger partial charge in [0.25, 0.3) is 0 Å². The minimum atomic E-state index is -3.84. The molecule has 0 heterocycles. The number of nitrogens with zero attached hydrogens (tertiary/aromatic N) is 2. The number of carbonyl (C=O) groups excluding carboxylic acids is 2. The number of hydrogen-bond donors (Lipinski definition) is 1. The molecule has 0 saturated carbocycles. The van der Waals surface area contributed by atoms with E-state index < -0.39 is 34.3 Å². The van der Waals surface area contributed by atoms with Gasteiger partial charge in [0, 0.05) is 12.6 Å². The summed E-state index contributed by atoms with van der Waals surface area (Å²) in [5, 5.41) is 2.79. The molecule has 0 unspecified atom stereocenters. The predicted octanol–water partition coefficient (Wildman–Crippen LogP) is 2.84. The molecule has 7 nitrogen and oxygen atoms in total. The van der Waals surface area contributed by atoms with Crippen molar-refractivity contribution < 1.29 is 22.4 Å². The van der Waals surface area contributed by atoms with Gasteiger partial charge in [0.15, 0.2) is 0 Å². The number of carbonyl (C=O) groups is 2. The van der Waals surface area contributed by atoms with Crippen LogP contribution in [-0.4, -0.2) is 50.0 Å². The van der Waals surface area contributed by atoms with Gasteiger partial charge in [-0.15, -0.1) is 0 Å². The second-order valence-corrected chi connectivity index (χ2v) is 10.0. The molecule has 0 saturated heterocycles. The maximum absolute atomic E-state index is 13.3. The third kappa shape index (κ3) is 7.05. The zero-order valence-corrected chi connectivity index (χ0v) is 19.8. The summed E-state index contributed by atoms with van der Waals surface area (Å²) in [6, 6.07) is 11.4. The maximum Gasteiger partial charge on any atom is 0.244 e. The summed E-state index contributed by atoms with van der Waals surface area (Å²) in [5.74, 6) is -1.41. The van der Waals surface area contributed by atoms with E-state index in [2.05, 4.69) is 5.32 Å². The lowest BCUT2D eigenvalue weighted by Gasteiger charge is -2.32. The SMILES string of the molecule is Cc1cccc(CN(C(=O)CN(c2ccc(F)cc2)S(C)(=O)=O)[C@@H](C)C(=O)NC(C)C)c1. The lowest BCUT2D eigenvalue weighted by molar-refractivity contribution is -0.139.